The summed E-state index contributed by atoms with van der Waals surface area (Å²) in [4.78, 5) is 2.41. The first-order chi connectivity index (χ1) is 8.85. The summed E-state index contributed by atoms with van der Waals surface area (Å²) in [6.45, 7) is 4.01. The Hall–Kier alpha value is -1.38. The number of nitriles is 1. The molecule has 1 unspecified atom stereocenters. The van der Waals surface area contributed by atoms with E-state index in [9.17, 15) is 0 Å². The third-order valence-corrected chi connectivity index (χ3v) is 3.78. The Morgan fingerprint density at radius 1 is 1.44 bits per heavy atom. The first-order valence-electron chi connectivity index (χ1n) is 6.63. The van der Waals surface area contributed by atoms with Gasteiger partial charge in [-0.05, 0) is 19.3 Å². The summed E-state index contributed by atoms with van der Waals surface area (Å²) >= 11 is 0. The van der Waals surface area contributed by atoms with Crippen LogP contribution in [0.5, 0.6) is 0 Å². The Morgan fingerprint density at radius 3 is 3.00 bits per heavy atom. The summed E-state index contributed by atoms with van der Waals surface area (Å²) in [6.07, 6.45) is 7.59. The molecule has 96 valence electrons. The van der Waals surface area contributed by atoms with Crippen LogP contribution < -0.4 is 0 Å². The molecule has 2 fully saturated rings. The molecule has 5 heteroatoms. The van der Waals surface area contributed by atoms with Gasteiger partial charge in [-0.1, -0.05) is 0 Å². The Labute approximate surface area is 107 Å². The van der Waals surface area contributed by atoms with Gasteiger partial charge in [0.1, 0.15) is 6.07 Å². The van der Waals surface area contributed by atoms with E-state index in [-0.39, 0.29) is 0 Å². The number of likely N-dealkylation sites (tertiary alicyclic amines) is 1. The van der Waals surface area contributed by atoms with Crippen LogP contribution in [-0.2, 0) is 4.74 Å². The van der Waals surface area contributed by atoms with Gasteiger partial charge in [0.05, 0.1) is 23.9 Å². The van der Waals surface area contributed by atoms with Crippen molar-refractivity contribution in [1.82, 2.24) is 14.7 Å². The predicted molar refractivity (Wildman–Crippen MR) is 66.0 cm³/mol. The largest absolute Gasteiger partial charge is 0.377 e. The van der Waals surface area contributed by atoms with Crippen molar-refractivity contribution in [3.8, 4) is 6.07 Å². The van der Waals surface area contributed by atoms with Crippen LogP contribution in [0.25, 0.3) is 0 Å². The molecule has 0 saturated carbocycles. The lowest BCUT2D eigenvalue weighted by Crippen LogP contribution is -2.51. The third kappa shape index (κ3) is 2.40. The maximum atomic E-state index is 8.76. The van der Waals surface area contributed by atoms with Gasteiger partial charge in [0.15, 0.2) is 0 Å². The molecule has 2 aliphatic heterocycles. The van der Waals surface area contributed by atoms with Gasteiger partial charge in [-0.25, -0.2) is 0 Å². The normalized spacial score (nSPS) is 25.6. The van der Waals surface area contributed by atoms with Crippen LogP contribution in [-0.4, -0.2) is 47.0 Å². The fourth-order valence-electron chi connectivity index (χ4n) is 2.69. The van der Waals surface area contributed by atoms with E-state index in [0.29, 0.717) is 17.7 Å². The van der Waals surface area contributed by atoms with Crippen LogP contribution in [0, 0.1) is 11.3 Å². The molecule has 0 spiro atoms. The van der Waals surface area contributed by atoms with E-state index < -0.39 is 0 Å². The predicted octanol–water partition coefficient (Wildman–Crippen LogP) is 1.18. The molecule has 3 heterocycles. The van der Waals surface area contributed by atoms with Crippen LogP contribution in [0.15, 0.2) is 12.4 Å². The SMILES string of the molecule is N#Cc1cnn(C2CN(CC3CCCCO3)C2)c1. The monoisotopic (exact) mass is 246 g/mol. The zero-order valence-electron chi connectivity index (χ0n) is 10.5. The molecular formula is C13H18N4O. The molecule has 3 rings (SSSR count). The number of rotatable bonds is 3. The van der Waals surface area contributed by atoms with Crippen molar-refractivity contribution in [2.24, 2.45) is 0 Å². The zero-order chi connectivity index (χ0) is 12.4. The maximum Gasteiger partial charge on any atom is 0.102 e. The van der Waals surface area contributed by atoms with Crippen molar-refractivity contribution in [1.29, 1.82) is 5.26 Å². The minimum atomic E-state index is 0.423. The van der Waals surface area contributed by atoms with Gasteiger partial charge in [-0.2, -0.15) is 10.4 Å². The molecule has 1 aromatic rings. The van der Waals surface area contributed by atoms with E-state index in [2.05, 4.69) is 16.1 Å². The van der Waals surface area contributed by atoms with Gasteiger partial charge in [0.25, 0.3) is 0 Å². The second-order valence-electron chi connectivity index (χ2n) is 5.18. The van der Waals surface area contributed by atoms with E-state index in [0.717, 1.165) is 26.2 Å². The van der Waals surface area contributed by atoms with E-state index in [1.807, 2.05) is 10.9 Å². The van der Waals surface area contributed by atoms with Crippen molar-refractivity contribution in [3.05, 3.63) is 18.0 Å². The van der Waals surface area contributed by atoms with E-state index >= 15 is 0 Å². The van der Waals surface area contributed by atoms with Gasteiger partial charge in [-0.15, -0.1) is 0 Å². The van der Waals surface area contributed by atoms with Gasteiger partial charge in [-0.3, -0.25) is 9.58 Å². The summed E-state index contributed by atoms with van der Waals surface area (Å²) in [5.41, 5.74) is 0.643. The number of hydrogen-bond acceptors (Lipinski definition) is 4. The molecule has 2 aliphatic rings. The minimum absolute atomic E-state index is 0.423. The molecule has 0 aromatic carbocycles. The lowest BCUT2D eigenvalue weighted by Gasteiger charge is -2.41. The lowest BCUT2D eigenvalue weighted by molar-refractivity contribution is -0.0288. The number of nitrogens with zero attached hydrogens (tertiary/aromatic N) is 4. The van der Waals surface area contributed by atoms with Crippen LogP contribution in [0.4, 0.5) is 0 Å². The van der Waals surface area contributed by atoms with Crippen molar-refractivity contribution in [2.45, 2.75) is 31.4 Å². The second-order valence-corrected chi connectivity index (χ2v) is 5.18. The minimum Gasteiger partial charge on any atom is -0.377 e. The van der Waals surface area contributed by atoms with Crippen LogP contribution in [0.1, 0.15) is 30.9 Å². The second kappa shape index (κ2) is 5.09. The van der Waals surface area contributed by atoms with Crippen LogP contribution >= 0.6 is 0 Å². The van der Waals surface area contributed by atoms with Crippen LogP contribution in [0.2, 0.25) is 0 Å². The molecule has 0 radical (unpaired) electrons. The van der Waals surface area contributed by atoms with E-state index in [1.165, 1.54) is 19.3 Å². The number of hydrogen-bond donors (Lipinski definition) is 0. The summed E-state index contributed by atoms with van der Waals surface area (Å²) < 4.78 is 7.65. The number of ether oxygens (including phenoxy) is 1. The summed E-state index contributed by atoms with van der Waals surface area (Å²) in [5, 5.41) is 13.0. The van der Waals surface area contributed by atoms with Gasteiger partial charge < -0.3 is 4.74 Å². The average Bonchev–Trinajstić information content (AvgIpc) is 2.83. The third-order valence-electron chi connectivity index (χ3n) is 3.78. The highest BCUT2D eigenvalue weighted by atomic mass is 16.5. The highest BCUT2D eigenvalue weighted by molar-refractivity contribution is 5.22. The van der Waals surface area contributed by atoms with Crippen molar-refractivity contribution in [3.63, 3.8) is 0 Å². The summed E-state index contributed by atoms with van der Waals surface area (Å²) in [5.74, 6) is 0. The molecule has 1 atom stereocenters. The molecular weight excluding hydrogens is 228 g/mol. The molecule has 2 saturated heterocycles. The highest BCUT2D eigenvalue weighted by Gasteiger charge is 2.31. The van der Waals surface area contributed by atoms with Gasteiger partial charge >= 0.3 is 0 Å². The smallest absolute Gasteiger partial charge is 0.102 e. The van der Waals surface area contributed by atoms with Crippen molar-refractivity contribution >= 4 is 0 Å². The molecule has 5 nitrogen and oxygen atoms in total. The summed E-state index contributed by atoms with van der Waals surface area (Å²) in [6, 6.07) is 2.54. The van der Waals surface area contributed by atoms with Crippen molar-refractivity contribution in [2.75, 3.05) is 26.2 Å². The molecule has 0 amide bonds. The first-order valence-corrected chi connectivity index (χ1v) is 6.63. The Kier molecular flexibility index (Phi) is 3.31. The number of aromatic nitrogens is 2. The Balaban J connectivity index is 1.46. The van der Waals surface area contributed by atoms with E-state index in [4.69, 9.17) is 10.00 Å². The van der Waals surface area contributed by atoms with Crippen LogP contribution in [0.3, 0.4) is 0 Å². The fraction of sp³-hybridized carbons (Fsp3) is 0.692. The highest BCUT2D eigenvalue weighted by Crippen LogP contribution is 2.23. The zero-order valence-corrected chi connectivity index (χ0v) is 10.5. The molecule has 18 heavy (non-hydrogen) atoms. The fourth-order valence-corrected chi connectivity index (χ4v) is 2.69. The molecule has 1 aromatic heterocycles. The lowest BCUT2D eigenvalue weighted by atomic mass is 10.0. The molecule has 0 N–H and O–H groups in total. The van der Waals surface area contributed by atoms with Gasteiger partial charge in [0, 0.05) is 32.4 Å². The molecule has 0 aliphatic carbocycles. The maximum absolute atomic E-state index is 8.76. The average molecular weight is 246 g/mol. The first kappa shape index (κ1) is 11.7. The Bertz CT molecular complexity index is 438. The topological polar surface area (TPSA) is 54.1 Å². The standard InChI is InChI=1S/C13H18N4O/c14-5-11-6-15-17(7-11)12-8-16(9-12)10-13-3-1-2-4-18-13/h6-7,12-13H,1-4,8-10H2. The quantitative estimate of drug-likeness (QED) is 0.803. The van der Waals surface area contributed by atoms with Crippen molar-refractivity contribution < 1.29 is 4.74 Å². The van der Waals surface area contributed by atoms with Gasteiger partial charge in [0.2, 0.25) is 0 Å². The molecule has 0 bridgehead atoms. The van der Waals surface area contributed by atoms with E-state index in [1.54, 1.807) is 6.20 Å². The summed E-state index contributed by atoms with van der Waals surface area (Å²) in [7, 11) is 0. The Morgan fingerprint density at radius 2 is 2.33 bits per heavy atom.